The van der Waals surface area contributed by atoms with Crippen LogP contribution in [0.4, 0.5) is 0 Å². The first-order valence-electron chi connectivity index (χ1n) is 9.65. The first-order valence-corrected chi connectivity index (χ1v) is 9.65. The Labute approximate surface area is 189 Å². The van der Waals surface area contributed by atoms with E-state index < -0.39 is 0 Å². The monoisotopic (exact) mass is 502 g/mol. The molecule has 7 heteroatoms. The van der Waals surface area contributed by atoms with E-state index in [1.807, 2.05) is 37.8 Å². The topological polar surface area (TPSA) is 58.3 Å². The molecule has 1 aliphatic rings. The van der Waals surface area contributed by atoms with Crippen LogP contribution in [0.5, 0.6) is 0 Å². The molecule has 4 rings (SSSR count). The predicted molar refractivity (Wildman–Crippen MR) is 127 cm³/mol. The van der Waals surface area contributed by atoms with Gasteiger partial charge < -0.3 is 10.2 Å². The fourth-order valence-electron chi connectivity index (χ4n) is 3.70. The summed E-state index contributed by atoms with van der Waals surface area (Å²) in [5.74, 6) is 1.77. The van der Waals surface area contributed by atoms with Gasteiger partial charge in [-0.1, -0.05) is 30.3 Å². The van der Waals surface area contributed by atoms with Gasteiger partial charge in [-0.3, -0.25) is 4.99 Å². The van der Waals surface area contributed by atoms with Crippen molar-refractivity contribution in [1.29, 1.82) is 0 Å². The predicted octanol–water partition coefficient (Wildman–Crippen LogP) is 3.64. The Morgan fingerprint density at radius 1 is 1.14 bits per heavy atom. The number of hydrogen-bond acceptors (Lipinski definition) is 3. The van der Waals surface area contributed by atoms with Gasteiger partial charge in [0.05, 0.1) is 5.69 Å². The normalized spacial score (nSPS) is 13.6. The van der Waals surface area contributed by atoms with Crippen LogP contribution in [0.2, 0.25) is 0 Å². The SMILES string of the molecule is CN=C(NCc1ccc(-n2nc(C)cc2C)nc1)N1CCc2ccccc2C1.I. The Bertz CT molecular complexity index is 993. The second kappa shape index (κ2) is 9.39. The van der Waals surface area contributed by atoms with Crippen molar-refractivity contribution >= 4 is 29.9 Å². The number of nitrogens with zero attached hydrogens (tertiary/aromatic N) is 5. The first-order chi connectivity index (χ1) is 13.6. The van der Waals surface area contributed by atoms with Gasteiger partial charge in [0.1, 0.15) is 0 Å². The standard InChI is InChI=1S/C22H26N6.HI/c1-16-12-17(2)28(26-16)21-9-8-18(13-24-21)14-25-22(23-3)27-11-10-19-6-4-5-7-20(19)15-27;/h4-9,12-13H,10-11,14-15H2,1-3H3,(H,23,25);1H. The van der Waals surface area contributed by atoms with Crippen LogP contribution in [-0.2, 0) is 19.5 Å². The molecule has 3 heterocycles. The summed E-state index contributed by atoms with van der Waals surface area (Å²) in [7, 11) is 1.84. The second-order valence-electron chi connectivity index (χ2n) is 7.20. The van der Waals surface area contributed by atoms with Crippen LogP contribution < -0.4 is 5.32 Å². The molecule has 0 saturated carbocycles. The number of guanidine groups is 1. The molecule has 0 bridgehead atoms. The summed E-state index contributed by atoms with van der Waals surface area (Å²) in [6.07, 6.45) is 2.95. The highest BCUT2D eigenvalue weighted by Crippen LogP contribution is 2.18. The summed E-state index contributed by atoms with van der Waals surface area (Å²) < 4.78 is 1.87. The molecule has 0 saturated heterocycles. The lowest BCUT2D eigenvalue weighted by molar-refractivity contribution is 0.378. The number of aliphatic imine (C=N–C) groups is 1. The quantitative estimate of drug-likeness (QED) is 0.338. The molecule has 152 valence electrons. The van der Waals surface area contributed by atoms with E-state index >= 15 is 0 Å². The fourth-order valence-corrected chi connectivity index (χ4v) is 3.70. The van der Waals surface area contributed by atoms with Crippen LogP contribution in [0.15, 0.2) is 53.7 Å². The third-order valence-electron chi connectivity index (χ3n) is 5.13. The van der Waals surface area contributed by atoms with Crippen molar-refractivity contribution < 1.29 is 0 Å². The largest absolute Gasteiger partial charge is 0.352 e. The highest BCUT2D eigenvalue weighted by Gasteiger charge is 2.18. The summed E-state index contributed by atoms with van der Waals surface area (Å²) in [5.41, 5.74) is 6.02. The van der Waals surface area contributed by atoms with E-state index in [1.54, 1.807) is 0 Å². The van der Waals surface area contributed by atoms with Gasteiger partial charge in [-0.2, -0.15) is 5.10 Å². The molecule has 0 fully saturated rings. The van der Waals surface area contributed by atoms with Gasteiger partial charge in [0.2, 0.25) is 0 Å². The van der Waals surface area contributed by atoms with Crippen molar-refractivity contribution in [2.75, 3.05) is 13.6 Å². The molecule has 6 nitrogen and oxygen atoms in total. The number of rotatable bonds is 3. The Morgan fingerprint density at radius 2 is 1.93 bits per heavy atom. The maximum absolute atomic E-state index is 4.58. The van der Waals surface area contributed by atoms with Gasteiger partial charge in [0, 0.05) is 38.6 Å². The summed E-state index contributed by atoms with van der Waals surface area (Å²) in [5, 5.41) is 7.96. The number of aromatic nitrogens is 3. The van der Waals surface area contributed by atoms with Crippen LogP contribution in [0.3, 0.4) is 0 Å². The van der Waals surface area contributed by atoms with Crippen molar-refractivity contribution in [2.24, 2.45) is 4.99 Å². The number of hydrogen-bond donors (Lipinski definition) is 1. The lowest BCUT2D eigenvalue weighted by Gasteiger charge is -2.31. The Balaban J connectivity index is 0.00000240. The van der Waals surface area contributed by atoms with Gasteiger partial charge in [0.15, 0.2) is 11.8 Å². The third-order valence-corrected chi connectivity index (χ3v) is 5.13. The number of halogens is 1. The van der Waals surface area contributed by atoms with Gasteiger partial charge in [-0.05, 0) is 49.1 Å². The van der Waals surface area contributed by atoms with Crippen LogP contribution in [0.25, 0.3) is 5.82 Å². The van der Waals surface area contributed by atoms with Gasteiger partial charge in [0.25, 0.3) is 0 Å². The summed E-state index contributed by atoms with van der Waals surface area (Å²) in [4.78, 5) is 11.4. The maximum Gasteiger partial charge on any atom is 0.194 e. The minimum Gasteiger partial charge on any atom is -0.352 e. The molecule has 29 heavy (non-hydrogen) atoms. The van der Waals surface area contributed by atoms with E-state index in [0.717, 1.165) is 48.2 Å². The van der Waals surface area contributed by atoms with E-state index in [2.05, 4.69) is 61.7 Å². The van der Waals surface area contributed by atoms with Crippen molar-refractivity contribution in [2.45, 2.75) is 33.4 Å². The number of fused-ring (bicyclic) bond motifs is 1. The van der Waals surface area contributed by atoms with Crippen LogP contribution in [-0.4, -0.2) is 39.2 Å². The summed E-state index contributed by atoms with van der Waals surface area (Å²) in [6, 6.07) is 14.8. The molecule has 1 N–H and O–H groups in total. The number of pyridine rings is 1. The molecule has 0 amide bonds. The zero-order chi connectivity index (χ0) is 19.5. The Morgan fingerprint density at radius 3 is 2.59 bits per heavy atom. The van der Waals surface area contributed by atoms with Crippen molar-refractivity contribution in [3.05, 3.63) is 76.7 Å². The highest BCUT2D eigenvalue weighted by atomic mass is 127. The smallest absolute Gasteiger partial charge is 0.194 e. The van der Waals surface area contributed by atoms with Crippen molar-refractivity contribution in [3.63, 3.8) is 0 Å². The summed E-state index contributed by atoms with van der Waals surface area (Å²) >= 11 is 0. The van der Waals surface area contributed by atoms with Gasteiger partial charge >= 0.3 is 0 Å². The first kappa shape index (κ1) is 21.3. The molecule has 0 spiro atoms. The van der Waals surface area contributed by atoms with E-state index in [0.29, 0.717) is 6.54 Å². The molecular weight excluding hydrogens is 475 g/mol. The van der Waals surface area contributed by atoms with Gasteiger partial charge in [-0.15, -0.1) is 24.0 Å². The molecule has 0 radical (unpaired) electrons. The molecular formula is C22H27IN6. The van der Waals surface area contributed by atoms with Crippen molar-refractivity contribution in [3.8, 4) is 5.82 Å². The van der Waals surface area contributed by atoms with Crippen LogP contribution >= 0.6 is 24.0 Å². The molecule has 1 aliphatic heterocycles. The highest BCUT2D eigenvalue weighted by molar-refractivity contribution is 14.0. The number of aryl methyl sites for hydroxylation is 2. The average Bonchev–Trinajstić information content (AvgIpc) is 3.07. The van der Waals surface area contributed by atoms with Crippen molar-refractivity contribution in [1.82, 2.24) is 25.0 Å². The average molecular weight is 502 g/mol. The Kier molecular flexibility index (Phi) is 6.89. The van der Waals surface area contributed by atoms with E-state index in [9.17, 15) is 0 Å². The molecule has 0 atom stereocenters. The molecule has 0 unspecified atom stereocenters. The van der Waals surface area contributed by atoms with Crippen LogP contribution in [0.1, 0.15) is 28.1 Å². The van der Waals surface area contributed by atoms with E-state index in [-0.39, 0.29) is 24.0 Å². The minimum atomic E-state index is 0. The molecule has 2 aromatic heterocycles. The number of nitrogens with one attached hydrogen (secondary N) is 1. The minimum absolute atomic E-state index is 0. The second-order valence-corrected chi connectivity index (χ2v) is 7.20. The molecule has 0 aliphatic carbocycles. The fraction of sp³-hybridized carbons (Fsp3) is 0.318. The Hall–Kier alpha value is -2.42. The lowest BCUT2D eigenvalue weighted by Crippen LogP contribution is -2.43. The molecule has 1 aromatic carbocycles. The maximum atomic E-state index is 4.58. The molecule has 3 aromatic rings. The van der Waals surface area contributed by atoms with E-state index in [4.69, 9.17) is 0 Å². The zero-order valence-electron chi connectivity index (χ0n) is 17.1. The lowest BCUT2D eigenvalue weighted by atomic mass is 10.0. The van der Waals surface area contributed by atoms with Gasteiger partial charge in [-0.25, -0.2) is 9.67 Å². The summed E-state index contributed by atoms with van der Waals surface area (Å²) in [6.45, 7) is 6.59. The third kappa shape index (κ3) is 4.77. The number of benzene rings is 1. The zero-order valence-corrected chi connectivity index (χ0v) is 19.4. The van der Waals surface area contributed by atoms with Crippen LogP contribution in [0, 0.1) is 13.8 Å². The van der Waals surface area contributed by atoms with E-state index in [1.165, 1.54) is 11.1 Å².